The van der Waals surface area contributed by atoms with Crippen molar-refractivity contribution in [2.45, 2.75) is 26.0 Å². The molecule has 0 atom stereocenters. The van der Waals surface area contributed by atoms with E-state index in [9.17, 15) is 17.6 Å². The second-order valence-electron chi connectivity index (χ2n) is 7.00. The van der Waals surface area contributed by atoms with Crippen LogP contribution in [0.15, 0.2) is 42.5 Å². The molecular weight excluding hydrogens is 411 g/mol. The minimum Gasteiger partial charge on any atom is -0.354 e. The quantitative estimate of drug-likeness (QED) is 0.575. The van der Waals surface area contributed by atoms with Gasteiger partial charge in [-0.05, 0) is 67.0 Å². The fourth-order valence-electron chi connectivity index (χ4n) is 2.85. The molecule has 0 saturated heterocycles. The van der Waals surface area contributed by atoms with Crippen molar-refractivity contribution in [1.29, 1.82) is 0 Å². The summed E-state index contributed by atoms with van der Waals surface area (Å²) in [5, 5.41) is 2.78. The molecule has 0 aliphatic carbocycles. The summed E-state index contributed by atoms with van der Waals surface area (Å²) in [6.07, 6.45) is 1.87. The Kier molecular flexibility index (Phi) is 8.52. The highest BCUT2D eigenvalue weighted by atomic mass is 32.2. The molecule has 0 aliphatic heterocycles. The lowest BCUT2D eigenvalue weighted by Crippen LogP contribution is -2.40. The molecule has 0 radical (unpaired) electrons. The van der Waals surface area contributed by atoms with Gasteiger partial charge in [0.15, 0.2) is 0 Å². The summed E-state index contributed by atoms with van der Waals surface area (Å²) in [6.45, 7) is 4.01. The highest BCUT2D eigenvalue weighted by Crippen LogP contribution is 2.21. The molecule has 1 N–H and O–H groups in total. The Bertz CT molecular complexity index is 911. The van der Waals surface area contributed by atoms with E-state index in [0.29, 0.717) is 12.2 Å². The molecule has 29 heavy (non-hydrogen) atoms. The van der Waals surface area contributed by atoms with Crippen LogP contribution in [0.5, 0.6) is 0 Å². The van der Waals surface area contributed by atoms with Crippen LogP contribution in [-0.4, -0.2) is 39.4 Å². The SMILES string of the molecule is Cc1cc(C)cc(N(CC(=O)NCCCSCc2ccc(F)cc2)S(C)(=O)=O)c1. The van der Waals surface area contributed by atoms with Crippen molar-refractivity contribution in [3.05, 3.63) is 65.0 Å². The molecule has 2 aromatic carbocycles. The third-order valence-electron chi connectivity index (χ3n) is 4.15. The first-order chi connectivity index (χ1) is 13.6. The Morgan fingerprint density at radius 1 is 1.10 bits per heavy atom. The van der Waals surface area contributed by atoms with E-state index in [1.807, 2.05) is 19.9 Å². The number of carbonyl (C=O) groups excluding carboxylic acids is 1. The number of halogens is 1. The number of carbonyl (C=O) groups is 1. The standard InChI is InChI=1S/C21H27FN2O3S2/c1-16-11-17(2)13-20(12-16)24(29(3,26)27)14-21(25)23-9-4-10-28-15-18-5-7-19(22)8-6-18/h5-8,11-13H,4,9-10,14-15H2,1-3H3,(H,23,25). The number of amides is 1. The average Bonchev–Trinajstić information content (AvgIpc) is 2.62. The Hall–Kier alpha value is -2.06. The number of sulfonamides is 1. The van der Waals surface area contributed by atoms with Gasteiger partial charge < -0.3 is 5.32 Å². The van der Waals surface area contributed by atoms with Crippen LogP contribution >= 0.6 is 11.8 Å². The predicted molar refractivity (Wildman–Crippen MR) is 118 cm³/mol. The molecule has 8 heteroatoms. The first-order valence-electron chi connectivity index (χ1n) is 9.30. The molecule has 158 valence electrons. The van der Waals surface area contributed by atoms with E-state index in [-0.39, 0.29) is 18.3 Å². The maximum absolute atomic E-state index is 12.9. The second kappa shape index (κ2) is 10.6. The van der Waals surface area contributed by atoms with E-state index in [4.69, 9.17) is 0 Å². The third kappa shape index (κ3) is 8.06. The van der Waals surface area contributed by atoms with Gasteiger partial charge in [0.25, 0.3) is 0 Å². The van der Waals surface area contributed by atoms with Crippen molar-refractivity contribution in [1.82, 2.24) is 5.32 Å². The van der Waals surface area contributed by atoms with E-state index in [1.165, 1.54) is 12.1 Å². The summed E-state index contributed by atoms with van der Waals surface area (Å²) >= 11 is 1.70. The largest absolute Gasteiger partial charge is 0.354 e. The van der Waals surface area contributed by atoms with Gasteiger partial charge in [0, 0.05) is 12.3 Å². The van der Waals surface area contributed by atoms with Crippen LogP contribution in [0.2, 0.25) is 0 Å². The zero-order valence-electron chi connectivity index (χ0n) is 16.9. The lowest BCUT2D eigenvalue weighted by molar-refractivity contribution is -0.119. The van der Waals surface area contributed by atoms with E-state index in [1.54, 1.807) is 36.0 Å². The molecule has 0 bridgehead atoms. The molecule has 2 aromatic rings. The van der Waals surface area contributed by atoms with Gasteiger partial charge in [0.1, 0.15) is 12.4 Å². The summed E-state index contributed by atoms with van der Waals surface area (Å²) < 4.78 is 38.4. The van der Waals surface area contributed by atoms with Gasteiger partial charge in [-0.15, -0.1) is 0 Å². The number of benzene rings is 2. The molecule has 0 aromatic heterocycles. The molecule has 0 saturated carbocycles. The fourth-order valence-corrected chi connectivity index (χ4v) is 4.61. The minimum atomic E-state index is -3.58. The maximum atomic E-state index is 12.9. The number of anilines is 1. The van der Waals surface area contributed by atoms with Gasteiger partial charge in [-0.1, -0.05) is 18.2 Å². The van der Waals surface area contributed by atoms with Crippen molar-refractivity contribution in [2.24, 2.45) is 0 Å². The number of thioether (sulfide) groups is 1. The monoisotopic (exact) mass is 438 g/mol. The van der Waals surface area contributed by atoms with Crippen LogP contribution in [0.3, 0.4) is 0 Å². The summed E-state index contributed by atoms with van der Waals surface area (Å²) in [7, 11) is -3.58. The second-order valence-corrected chi connectivity index (χ2v) is 10.0. The molecule has 2 rings (SSSR count). The number of rotatable bonds is 10. The highest BCUT2D eigenvalue weighted by Gasteiger charge is 2.21. The fraction of sp³-hybridized carbons (Fsp3) is 0.381. The Morgan fingerprint density at radius 2 is 1.72 bits per heavy atom. The number of nitrogens with zero attached hydrogens (tertiary/aromatic N) is 1. The lowest BCUT2D eigenvalue weighted by Gasteiger charge is -2.22. The van der Waals surface area contributed by atoms with Gasteiger partial charge in [-0.2, -0.15) is 11.8 Å². The van der Waals surface area contributed by atoms with E-state index in [2.05, 4.69) is 5.32 Å². The van der Waals surface area contributed by atoms with Crippen LogP contribution in [0, 0.1) is 19.7 Å². The summed E-state index contributed by atoms with van der Waals surface area (Å²) in [4.78, 5) is 12.3. The van der Waals surface area contributed by atoms with Crippen molar-refractivity contribution in [3.8, 4) is 0 Å². The molecule has 0 spiro atoms. The minimum absolute atomic E-state index is 0.245. The topological polar surface area (TPSA) is 66.5 Å². The molecule has 0 heterocycles. The van der Waals surface area contributed by atoms with Crippen LogP contribution in [0.25, 0.3) is 0 Å². The van der Waals surface area contributed by atoms with Gasteiger partial charge in [0.05, 0.1) is 11.9 Å². The zero-order chi connectivity index (χ0) is 21.4. The Balaban J connectivity index is 1.79. The van der Waals surface area contributed by atoms with Crippen molar-refractivity contribution >= 4 is 33.4 Å². The number of hydrogen-bond donors (Lipinski definition) is 1. The van der Waals surface area contributed by atoms with E-state index in [0.717, 1.165) is 45.2 Å². The third-order valence-corrected chi connectivity index (χ3v) is 6.41. The maximum Gasteiger partial charge on any atom is 0.240 e. The summed E-state index contributed by atoms with van der Waals surface area (Å²) in [5.74, 6) is 1.04. The summed E-state index contributed by atoms with van der Waals surface area (Å²) in [5.41, 5.74) is 3.42. The molecule has 0 fully saturated rings. The summed E-state index contributed by atoms with van der Waals surface area (Å²) in [6, 6.07) is 11.9. The average molecular weight is 439 g/mol. The highest BCUT2D eigenvalue weighted by molar-refractivity contribution is 7.98. The first-order valence-corrected chi connectivity index (χ1v) is 12.3. The number of hydrogen-bond acceptors (Lipinski definition) is 4. The van der Waals surface area contributed by atoms with Gasteiger partial charge in [0.2, 0.25) is 15.9 Å². The molecule has 1 amide bonds. The van der Waals surface area contributed by atoms with Gasteiger partial charge in [-0.25, -0.2) is 12.8 Å². The van der Waals surface area contributed by atoms with E-state index >= 15 is 0 Å². The van der Waals surface area contributed by atoms with Crippen molar-refractivity contribution in [3.63, 3.8) is 0 Å². The van der Waals surface area contributed by atoms with Crippen LogP contribution < -0.4 is 9.62 Å². The van der Waals surface area contributed by atoms with Crippen LogP contribution in [0.1, 0.15) is 23.1 Å². The lowest BCUT2D eigenvalue weighted by atomic mass is 10.1. The van der Waals surface area contributed by atoms with Gasteiger partial charge >= 0.3 is 0 Å². The Morgan fingerprint density at radius 3 is 2.31 bits per heavy atom. The van der Waals surface area contributed by atoms with Gasteiger partial charge in [-0.3, -0.25) is 9.10 Å². The van der Waals surface area contributed by atoms with Crippen molar-refractivity contribution < 1.29 is 17.6 Å². The molecular formula is C21H27FN2O3S2. The van der Waals surface area contributed by atoms with E-state index < -0.39 is 10.0 Å². The van der Waals surface area contributed by atoms with Crippen molar-refractivity contribution in [2.75, 3.05) is 29.4 Å². The molecule has 0 unspecified atom stereocenters. The first kappa shape index (κ1) is 23.2. The van der Waals surface area contributed by atoms with Crippen LogP contribution in [0.4, 0.5) is 10.1 Å². The van der Waals surface area contributed by atoms with Crippen LogP contribution in [-0.2, 0) is 20.6 Å². The molecule has 5 nitrogen and oxygen atoms in total. The zero-order valence-corrected chi connectivity index (χ0v) is 18.6. The number of aryl methyl sites for hydroxylation is 2. The smallest absolute Gasteiger partial charge is 0.240 e. The number of nitrogens with one attached hydrogen (secondary N) is 1. The normalized spacial score (nSPS) is 11.3. The molecule has 0 aliphatic rings. The predicted octanol–water partition coefficient (Wildman–Crippen LogP) is 3.65. The Labute approximate surface area is 176 Å².